The Morgan fingerprint density at radius 1 is 1.44 bits per heavy atom. The minimum absolute atomic E-state index is 0.0173. The van der Waals surface area contributed by atoms with Crippen molar-refractivity contribution in [2.45, 2.75) is 12.7 Å². The van der Waals surface area contributed by atoms with Crippen molar-refractivity contribution in [2.24, 2.45) is 5.92 Å². The molecule has 0 amide bonds. The number of sulfone groups is 1. The maximum Gasteiger partial charge on any atom is 0.309 e. The van der Waals surface area contributed by atoms with E-state index in [1.54, 1.807) is 12.1 Å². The number of hydrogen-bond acceptors (Lipinski definition) is 5. The lowest BCUT2D eigenvalue weighted by molar-refractivity contribution is -0.144. The van der Waals surface area contributed by atoms with Gasteiger partial charge in [-0.3, -0.25) is 4.79 Å². The van der Waals surface area contributed by atoms with Crippen LogP contribution in [0.3, 0.4) is 0 Å². The van der Waals surface area contributed by atoms with E-state index in [9.17, 15) is 18.3 Å². The number of carbonyl (C=O) groups excluding carboxylic acids is 1. The molecule has 0 saturated heterocycles. The monoisotopic (exact) mass is 272 g/mol. The third-order valence-electron chi connectivity index (χ3n) is 2.40. The summed E-state index contributed by atoms with van der Waals surface area (Å²) in [6, 6.07) is 6.04. The molecule has 0 aromatic heterocycles. The lowest BCUT2D eigenvalue weighted by atomic mass is 10.2. The number of ether oxygens (including phenoxy) is 1. The summed E-state index contributed by atoms with van der Waals surface area (Å²) < 4.78 is 28.2. The number of benzene rings is 1. The van der Waals surface area contributed by atoms with Crippen LogP contribution in [-0.4, -0.2) is 32.4 Å². The largest absolute Gasteiger partial charge is 0.508 e. The molecule has 1 atom stereocenters. The maximum atomic E-state index is 11.9. The van der Waals surface area contributed by atoms with E-state index in [-0.39, 0.29) is 17.3 Å². The molecule has 1 unspecified atom stereocenters. The topological polar surface area (TPSA) is 80.7 Å². The van der Waals surface area contributed by atoms with Crippen LogP contribution in [0.5, 0.6) is 5.75 Å². The first-order valence-electron chi connectivity index (χ1n) is 5.40. The molecule has 0 heterocycles. The smallest absolute Gasteiger partial charge is 0.309 e. The summed E-state index contributed by atoms with van der Waals surface area (Å²) >= 11 is 0. The molecular formula is C12H16O5S. The summed E-state index contributed by atoms with van der Waals surface area (Å²) in [6.45, 7) is 1.51. The molecule has 0 spiro atoms. The SMILES string of the molecule is COC(=O)C(C)CS(=O)(=O)Cc1cccc(O)c1. The van der Waals surface area contributed by atoms with Crippen molar-refractivity contribution in [1.29, 1.82) is 0 Å². The fourth-order valence-electron chi connectivity index (χ4n) is 1.61. The Morgan fingerprint density at radius 2 is 2.11 bits per heavy atom. The van der Waals surface area contributed by atoms with Gasteiger partial charge in [-0.05, 0) is 17.7 Å². The third-order valence-corrected chi connectivity index (χ3v) is 4.19. The van der Waals surface area contributed by atoms with Gasteiger partial charge in [0.05, 0.1) is 24.5 Å². The zero-order valence-corrected chi connectivity index (χ0v) is 11.1. The number of esters is 1. The van der Waals surface area contributed by atoms with Gasteiger partial charge in [-0.1, -0.05) is 19.1 Å². The highest BCUT2D eigenvalue weighted by molar-refractivity contribution is 7.90. The Morgan fingerprint density at radius 3 is 2.67 bits per heavy atom. The van der Waals surface area contributed by atoms with Crippen molar-refractivity contribution in [3.8, 4) is 5.75 Å². The van der Waals surface area contributed by atoms with Crippen LogP contribution in [0.1, 0.15) is 12.5 Å². The molecule has 1 aromatic carbocycles. The number of hydrogen-bond donors (Lipinski definition) is 1. The van der Waals surface area contributed by atoms with E-state index in [1.807, 2.05) is 0 Å². The summed E-state index contributed by atoms with van der Waals surface area (Å²) in [7, 11) is -2.19. The predicted molar refractivity (Wildman–Crippen MR) is 66.8 cm³/mol. The van der Waals surface area contributed by atoms with Crippen molar-refractivity contribution in [1.82, 2.24) is 0 Å². The second-order valence-electron chi connectivity index (χ2n) is 4.15. The van der Waals surface area contributed by atoms with Gasteiger partial charge < -0.3 is 9.84 Å². The van der Waals surface area contributed by atoms with Gasteiger partial charge in [0.1, 0.15) is 5.75 Å². The van der Waals surface area contributed by atoms with Gasteiger partial charge >= 0.3 is 5.97 Å². The Bertz CT molecular complexity index is 521. The fraction of sp³-hybridized carbons (Fsp3) is 0.417. The first-order valence-corrected chi connectivity index (χ1v) is 7.22. The lowest BCUT2D eigenvalue weighted by Crippen LogP contribution is -2.23. The number of phenolic OH excluding ortho intramolecular Hbond substituents is 1. The van der Waals surface area contributed by atoms with Gasteiger partial charge in [0.15, 0.2) is 9.84 Å². The van der Waals surface area contributed by atoms with E-state index in [4.69, 9.17) is 0 Å². The molecule has 0 aliphatic rings. The number of carbonyl (C=O) groups is 1. The van der Waals surface area contributed by atoms with Crippen LogP contribution >= 0.6 is 0 Å². The Balaban J connectivity index is 2.74. The van der Waals surface area contributed by atoms with Crippen LogP contribution in [0, 0.1) is 5.92 Å². The highest BCUT2D eigenvalue weighted by atomic mass is 32.2. The molecule has 18 heavy (non-hydrogen) atoms. The molecule has 0 fully saturated rings. The summed E-state index contributed by atoms with van der Waals surface area (Å²) in [5.74, 6) is -1.70. The molecule has 5 nitrogen and oxygen atoms in total. The molecule has 0 bridgehead atoms. The molecule has 1 N–H and O–H groups in total. The number of aromatic hydroxyl groups is 1. The van der Waals surface area contributed by atoms with E-state index in [1.165, 1.54) is 26.2 Å². The molecule has 0 aliphatic heterocycles. The molecule has 1 rings (SSSR count). The molecular weight excluding hydrogens is 256 g/mol. The van der Waals surface area contributed by atoms with Gasteiger partial charge in [-0.25, -0.2) is 8.42 Å². The standard InChI is InChI=1S/C12H16O5S/c1-9(12(14)17-2)7-18(15,16)8-10-4-3-5-11(13)6-10/h3-6,9,13H,7-8H2,1-2H3. The first-order chi connectivity index (χ1) is 8.34. The van der Waals surface area contributed by atoms with Crippen LogP contribution in [-0.2, 0) is 25.1 Å². The molecule has 1 aromatic rings. The second-order valence-corrected chi connectivity index (χ2v) is 6.26. The van der Waals surface area contributed by atoms with Gasteiger partial charge in [0, 0.05) is 0 Å². The summed E-state index contributed by atoms with van der Waals surface area (Å²) in [5.41, 5.74) is 0.493. The van der Waals surface area contributed by atoms with Gasteiger partial charge in [0.25, 0.3) is 0 Å². The van der Waals surface area contributed by atoms with Crippen LogP contribution in [0.2, 0.25) is 0 Å². The predicted octanol–water partition coefficient (Wildman–Crippen LogP) is 1.12. The van der Waals surface area contributed by atoms with Crippen molar-refractivity contribution in [3.63, 3.8) is 0 Å². The molecule has 100 valence electrons. The Hall–Kier alpha value is -1.56. The molecule has 0 saturated carbocycles. The summed E-state index contributed by atoms with van der Waals surface area (Å²) in [6.07, 6.45) is 0. The van der Waals surface area contributed by atoms with E-state index >= 15 is 0 Å². The van der Waals surface area contributed by atoms with Crippen LogP contribution in [0.4, 0.5) is 0 Å². The number of phenols is 1. The highest BCUT2D eigenvalue weighted by Gasteiger charge is 2.22. The Labute approximate surface area is 106 Å². The molecule has 0 aliphatic carbocycles. The maximum absolute atomic E-state index is 11.9. The Kier molecular flexibility index (Phi) is 4.72. The minimum Gasteiger partial charge on any atom is -0.508 e. The zero-order chi connectivity index (χ0) is 13.8. The minimum atomic E-state index is -3.42. The van der Waals surface area contributed by atoms with Crippen molar-refractivity contribution in [3.05, 3.63) is 29.8 Å². The van der Waals surface area contributed by atoms with Crippen LogP contribution in [0.15, 0.2) is 24.3 Å². The highest BCUT2D eigenvalue weighted by Crippen LogP contribution is 2.15. The van der Waals surface area contributed by atoms with E-state index in [0.29, 0.717) is 5.56 Å². The summed E-state index contributed by atoms with van der Waals surface area (Å²) in [5, 5.41) is 9.25. The van der Waals surface area contributed by atoms with Crippen LogP contribution < -0.4 is 0 Å². The normalized spacial score (nSPS) is 13.0. The van der Waals surface area contributed by atoms with Gasteiger partial charge in [0.2, 0.25) is 0 Å². The molecule has 6 heteroatoms. The van der Waals surface area contributed by atoms with E-state index in [0.717, 1.165) is 0 Å². The third kappa shape index (κ3) is 4.37. The summed E-state index contributed by atoms with van der Waals surface area (Å²) in [4.78, 5) is 11.2. The average molecular weight is 272 g/mol. The first kappa shape index (κ1) is 14.5. The van der Waals surface area contributed by atoms with Crippen molar-refractivity contribution < 1.29 is 23.1 Å². The number of methoxy groups -OCH3 is 1. The van der Waals surface area contributed by atoms with Gasteiger partial charge in [-0.15, -0.1) is 0 Å². The fourth-order valence-corrected chi connectivity index (χ4v) is 3.31. The quantitative estimate of drug-likeness (QED) is 0.812. The van der Waals surface area contributed by atoms with Crippen molar-refractivity contribution in [2.75, 3.05) is 12.9 Å². The average Bonchev–Trinajstić information content (AvgIpc) is 2.26. The van der Waals surface area contributed by atoms with E-state index in [2.05, 4.69) is 4.74 Å². The van der Waals surface area contributed by atoms with Gasteiger partial charge in [-0.2, -0.15) is 0 Å². The van der Waals surface area contributed by atoms with Crippen molar-refractivity contribution >= 4 is 15.8 Å². The van der Waals surface area contributed by atoms with E-state index < -0.39 is 21.7 Å². The number of rotatable bonds is 5. The second kappa shape index (κ2) is 5.86. The van der Waals surface area contributed by atoms with Crippen LogP contribution in [0.25, 0.3) is 0 Å². The molecule has 0 radical (unpaired) electrons. The lowest BCUT2D eigenvalue weighted by Gasteiger charge is -2.10. The zero-order valence-electron chi connectivity index (χ0n) is 10.3.